The molecule has 0 saturated carbocycles. The van der Waals surface area contributed by atoms with E-state index in [1.807, 2.05) is 27.7 Å². The molecule has 0 saturated heterocycles. The molecule has 0 bridgehead atoms. The van der Waals surface area contributed by atoms with E-state index in [4.69, 9.17) is 0 Å². The van der Waals surface area contributed by atoms with Gasteiger partial charge in [-0.25, -0.2) is 0 Å². The summed E-state index contributed by atoms with van der Waals surface area (Å²) in [6, 6.07) is 8.88. The number of aryl methyl sites for hydroxylation is 4. The molecule has 2 aromatic rings. The van der Waals surface area contributed by atoms with Crippen LogP contribution < -0.4 is 0 Å². The summed E-state index contributed by atoms with van der Waals surface area (Å²) in [5, 5.41) is 18.8. The van der Waals surface area contributed by atoms with Gasteiger partial charge in [-0.15, -0.1) is 0 Å². The zero-order chi connectivity index (χ0) is 18.0. The van der Waals surface area contributed by atoms with Gasteiger partial charge in [-0.05, 0) is 98.9 Å². The Bertz CT molecular complexity index is 815. The Kier molecular flexibility index (Phi) is 5.10. The SMILES string of the molecule is Cc1cc(C)c(CCc2c(C)cc(C)c(C#N)c2C)c(C)c1C#N. The van der Waals surface area contributed by atoms with Crippen LogP contribution in [0, 0.1) is 64.2 Å². The molecule has 0 aliphatic heterocycles. The molecule has 0 aliphatic carbocycles. The van der Waals surface area contributed by atoms with Crippen molar-refractivity contribution in [1.29, 1.82) is 10.5 Å². The van der Waals surface area contributed by atoms with Crippen molar-refractivity contribution in [3.63, 3.8) is 0 Å². The summed E-state index contributed by atoms with van der Waals surface area (Å²) in [6.07, 6.45) is 1.78. The molecule has 24 heavy (non-hydrogen) atoms. The van der Waals surface area contributed by atoms with Crippen LogP contribution in [0.3, 0.4) is 0 Å². The zero-order valence-electron chi connectivity index (χ0n) is 15.5. The standard InChI is InChI=1S/C22H24N2/c1-13-9-15(3)21(11-23)17(5)19(13)7-8-20-14(2)10-16(4)22(12-24)18(20)6/h9-10H,7-8H2,1-6H3. The van der Waals surface area contributed by atoms with Crippen molar-refractivity contribution in [3.05, 3.63) is 67.8 Å². The highest BCUT2D eigenvalue weighted by molar-refractivity contribution is 5.53. The van der Waals surface area contributed by atoms with Gasteiger partial charge in [0.2, 0.25) is 0 Å². The predicted molar refractivity (Wildman–Crippen MR) is 98.1 cm³/mol. The second-order valence-corrected chi connectivity index (χ2v) is 6.70. The second-order valence-electron chi connectivity index (χ2n) is 6.70. The molecular formula is C22H24N2. The summed E-state index contributed by atoms with van der Waals surface area (Å²) in [5.41, 5.74) is 10.9. The molecule has 0 fully saturated rings. The van der Waals surface area contributed by atoms with Gasteiger partial charge in [0.05, 0.1) is 23.3 Å². The quantitative estimate of drug-likeness (QED) is 0.794. The van der Waals surface area contributed by atoms with E-state index in [0.717, 1.165) is 46.2 Å². The molecular weight excluding hydrogens is 292 g/mol. The lowest BCUT2D eigenvalue weighted by molar-refractivity contribution is 0.913. The third kappa shape index (κ3) is 3.06. The van der Waals surface area contributed by atoms with Gasteiger partial charge in [0.15, 0.2) is 0 Å². The average molecular weight is 316 g/mol. The Morgan fingerprint density at radius 1 is 0.625 bits per heavy atom. The highest BCUT2D eigenvalue weighted by Crippen LogP contribution is 2.26. The van der Waals surface area contributed by atoms with Crippen LogP contribution in [0.2, 0.25) is 0 Å². The van der Waals surface area contributed by atoms with E-state index in [1.165, 1.54) is 22.3 Å². The summed E-state index contributed by atoms with van der Waals surface area (Å²) in [6.45, 7) is 12.3. The van der Waals surface area contributed by atoms with Crippen LogP contribution in [0.5, 0.6) is 0 Å². The van der Waals surface area contributed by atoms with Gasteiger partial charge in [-0.2, -0.15) is 10.5 Å². The van der Waals surface area contributed by atoms with Gasteiger partial charge >= 0.3 is 0 Å². The molecule has 0 amide bonds. The van der Waals surface area contributed by atoms with Crippen LogP contribution in [0.1, 0.15) is 55.6 Å². The number of benzene rings is 2. The molecule has 2 aromatic carbocycles. The fourth-order valence-corrected chi connectivity index (χ4v) is 3.82. The maximum Gasteiger partial charge on any atom is 0.0997 e. The third-order valence-electron chi connectivity index (χ3n) is 5.11. The molecule has 0 heterocycles. The topological polar surface area (TPSA) is 47.6 Å². The normalized spacial score (nSPS) is 10.3. The molecule has 0 radical (unpaired) electrons. The van der Waals surface area contributed by atoms with Crippen molar-refractivity contribution in [2.45, 2.75) is 54.4 Å². The van der Waals surface area contributed by atoms with E-state index in [1.54, 1.807) is 0 Å². The van der Waals surface area contributed by atoms with E-state index < -0.39 is 0 Å². The van der Waals surface area contributed by atoms with Gasteiger partial charge in [-0.3, -0.25) is 0 Å². The summed E-state index contributed by atoms with van der Waals surface area (Å²) in [5.74, 6) is 0. The number of hydrogen-bond donors (Lipinski definition) is 0. The monoisotopic (exact) mass is 316 g/mol. The maximum absolute atomic E-state index is 9.40. The predicted octanol–water partition coefficient (Wildman–Crippen LogP) is 5.07. The third-order valence-corrected chi connectivity index (χ3v) is 5.11. The smallest absolute Gasteiger partial charge is 0.0997 e. The van der Waals surface area contributed by atoms with Crippen LogP contribution in [0.15, 0.2) is 12.1 Å². The highest BCUT2D eigenvalue weighted by Gasteiger charge is 2.14. The van der Waals surface area contributed by atoms with Gasteiger partial charge < -0.3 is 0 Å². The largest absolute Gasteiger partial charge is 0.192 e. The first-order valence-corrected chi connectivity index (χ1v) is 8.31. The molecule has 0 aliphatic rings. The van der Waals surface area contributed by atoms with Crippen molar-refractivity contribution in [2.75, 3.05) is 0 Å². The fourth-order valence-electron chi connectivity index (χ4n) is 3.82. The first kappa shape index (κ1) is 17.8. The van der Waals surface area contributed by atoms with Crippen molar-refractivity contribution in [3.8, 4) is 12.1 Å². The Balaban J connectivity index is 2.44. The molecule has 0 N–H and O–H groups in total. The zero-order valence-corrected chi connectivity index (χ0v) is 15.5. The van der Waals surface area contributed by atoms with E-state index >= 15 is 0 Å². The minimum absolute atomic E-state index is 0.797. The van der Waals surface area contributed by atoms with Gasteiger partial charge in [0.1, 0.15) is 0 Å². The molecule has 0 aromatic heterocycles. The van der Waals surface area contributed by atoms with Gasteiger partial charge in [-0.1, -0.05) is 12.1 Å². The average Bonchev–Trinajstić information content (AvgIpc) is 2.50. The fraction of sp³-hybridized carbons (Fsp3) is 0.364. The van der Waals surface area contributed by atoms with Crippen molar-refractivity contribution < 1.29 is 0 Å². The molecule has 2 rings (SSSR count). The first-order valence-electron chi connectivity index (χ1n) is 8.31. The van der Waals surface area contributed by atoms with Crippen LogP contribution >= 0.6 is 0 Å². The van der Waals surface area contributed by atoms with E-state index in [-0.39, 0.29) is 0 Å². The summed E-state index contributed by atoms with van der Waals surface area (Å²) in [4.78, 5) is 0. The summed E-state index contributed by atoms with van der Waals surface area (Å²) < 4.78 is 0. The highest BCUT2D eigenvalue weighted by atomic mass is 14.3. The number of nitrogens with zero attached hydrogens (tertiary/aromatic N) is 2. The Hall–Kier alpha value is -2.58. The van der Waals surface area contributed by atoms with E-state index in [0.29, 0.717) is 0 Å². The molecule has 2 nitrogen and oxygen atoms in total. The maximum atomic E-state index is 9.40. The van der Waals surface area contributed by atoms with E-state index in [9.17, 15) is 10.5 Å². The lowest BCUT2D eigenvalue weighted by atomic mass is 9.87. The van der Waals surface area contributed by atoms with Crippen LogP contribution in [0.25, 0.3) is 0 Å². The Morgan fingerprint density at radius 3 is 1.25 bits per heavy atom. The van der Waals surface area contributed by atoms with Crippen LogP contribution in [-0.4, -0.2) is 0 Å². The molecule has 0 spiro atoms. The summed E-state index contributed by atoms with van der Waals surface area (Å²) >= 11 is 0. The molecule has 122 valence electrons. The van der Waals surface area contributed by atoms with Crippen LogP contribution in [0.4, 0.5) is 0 Å². The second kappa shape index (κ2) is 6.90. The Labute approximate surface area is 145 Å². The molecule has 2 heteroatoms. The Morgan fingerprint density at radius 2 is 0.958 bits per heavy atom. The van der Waals surface area contributed by atoms with Crippen LogP contribution in [-0.2, 0) is 12.8 Å². The first-order chi connectivity index (χ1) is 11.3. The van der Waals surface area contributed by atoms with E-state index in [2.05, 4.69) is 38.1 Å². The lowest BCUT2D eigenvalue weighted by Crippen LogP contribution is -2.05. The summed E-state index contributed by atoms with van der Waals surface area (Å²) in [7, 11) is 0. The van der Waals surface area contributed by atoms with Crippen molar-refractivity contribution >= 4 is 0 Å². The lowest BCUT2D eigenvalue weighted by Gasteiger charge is -2.17. The van der Waals surface area contributed by atoms with Crippen molar-refractivity contribution in [2.24, 2.45) is 0 Å². The van der Waals surface area contributed by atoms with Gasteiger partial charge in [0.25, 0.3) is 0 Å². The molecule has 0 atom stereocenters. The minimum Gasteiger partial charge on any atom is -0.192 e. The van der Waals surface area contributed by atoms with Gasteiger partial charge in [0, 0.05) is 0 Å². The van der Waals surface area contributed by atoms with Crippen molar-refractivity contribution in [1.82, 2.24) is 0 Å². The number of rotatable bonds is 3. The number of hydrogen-bond acceptors (Lipinski definition) is 2. The number of nitriles is 2. The molecule has 0 unspecified atom stereocenters. The minimum atomic E-state index is 0.797.